The lowest BCUT2D eigenvalue weighted by Gasteiger charge is -2.27. The maximum absolute atomic E-state index is 13.1. The van der Waals surface area contributed by atoms with Crippen LogP contribution in [0.5, 0.6) is 17.2 Å². The summed E-state index contributed by atoms with van der Waals surface area (Å²) in [4.78, 5) is 27.6. The smallest absolute Gasteiger partial charge is 0.255 e. The Kier molecular flexibility index (Phi) is 6.82. The van der Waals surface area contributed by atoms with Crippen LogP contribution in [-0.4, -0.2) is 43.2 Å². The number of rotatable bonds is 8. The molecule has 0 saturated heterocycles. The quantitative estimate of drug-likeness (QED) is 0.720. The Morgan fingerprint density at radius 3 is 2.60 bits per heavy atom. The highest BCUT2D eigenvalue weighted by atomic mass is 16.7. The number of ether oxygens (including phenoxy) is 3. The SMILES string of the molecule is CCOc1ccccc1C(=O)N[C@@H](C(=O)N(C)Cc1ccc2c(c1)OCO2)C(C)C. The summed E-state index contributed by atoms with van der Waals surface area (Å²) in [5.41, 5.74) is 1.34. The monoisotopic (exact) mass is 412 g/mol. The zero-order valence-corrected chi connectivity index (χ0v) is 17.8. The molecule has 0 radical (unpaired) electrons. The maximum atomic E-state index is 13.1. The van der Waals surface area contributed by atoms with Gasteiger partial charge >= 0.3 is 0 Å². The normalized spacial score (nSPS) is 13.1. The molecule has 0 unspecified atom stereocenters. The number of fused-ring (bicyclic) bond motifs is 1. The van der Waals surface area contributed by atoms with Crippen molar-refractivity contribution in [3.63, 3.8) is 0 Å². The maximum Gasteiger partial charge on any atom is 0.255 e. The third-order valence-corrected chi connectivity index (χ3v) is 4.88. The van der Waals surface area contributed by atoms with E-state index in [0.717, 1.165) is 5.56 Å². The number of nitrogens with zero attached hydrogens (tertiary/aromatic N) is 1. The van der Waals surface area contributed by atoms with Crippen LogP contribution in [0.2, 0.25) is 0 Å². The Balaban J connectivity index is 1.70. The van der Waals surface area contributed by atoms with Gasteiger partial charge in [-0.2, -0.15) is 0 Å². The highest BCUT2D eigenvalue weighted by molar-refractivity contribution is 5.99. The fourth-order valence-corrected chi connectivity index (χ4v) is 3.30. The van der Waals surface area contributed by atoms with Crippen LogP contribution < -0.4 is 19.5 Å². The number of benzene rings is 2. The van der Waals surface area contributed by atoms with Crippen molar-refractivity contribution in [2.75, 3.05) is 20.4 Å². The molecule has 0 saturated carbocycles. The van der Waals surface area contributed by atoms with Crippen LogP contribution >= 0.6 is 0 Å². The first kappa shape index (κ1) is 21.5. The molecule has 2 aromatic carbocycles. The Hall–Kier alpha value is -3.22. The molecule has 2 amide bonds. The molecular formula is C23H28N2O5. The van der Waals surface area contributed by atoms with Crippen LogP contribution in [-0.2, 0) is 11.3 Å². The highest BCUT2D eigenvalue weighted by Gasteiger charge is 2.28. The van der Waals surface area contributed by atoms with E-state index in [1.807, 2.05) is 45.0 Å². The fraction of sp³-hybridized carbons (Fsp3) is 0.391. The highest BCUT2D eigenvalue weighted by Crippen LogP contribution is 2.32. The van der Waals surface area contributed by atoms with Gasteiger partial charge in [-0.1, -0.05) is 32.0 Å². The summed E-state index contributed by atoms with van der Waals surface area (Å²) >= 11 is 0. The van der Waals surface area contributed by atoms with Crippen LogP contribution in [0.3, 0.4) is 0 Å². The number of likely N-dealkylation sites (N-methyl/N-ethyl adjacent to an activating group) is 1. The van der Waals surface area contributed by atoms with E-state index < -0.39 is 6.04 Å². The summed E-state index contributed by atoms with van der Waals surface area (Å²) < 4.78 is 16.3. The topological polar surface area (TPSA) is 77.1 Å². The van der Waals surface area contributed by atoms with Gasteiger partial charge in [0.25, 0.3) is 5.91 Å². The Labute approximate surface area is 176 Å². The molecule has 1 aliphatic rings. The van der Waals surface area contributed by atoms with E-state index in [4.69, 9.17) is 14.2 Å². The molecule has 0 fully saturated rings. The number of para-hydroxylation sites is 1. The number of carbonyl (C=O) groups excluding carboxylic acids is 2. The molecule has 1 aliphatic heterocycles. The molecule has 3 rings (SSSR count). The average Bonchev–Trinajstić information content (AvgIpc) is 3.19. The van der Waals surface area contributed by atoms with Gasteiger partial charge in [0.2, 0.25) is 12.7 Å². The van der Waals surface area contributed by atoms with Crippen molar-refractivity contribution in [2.24, 2.45) is 5.92 Å². The van der Waals surface area contributed by atoms with Crippen molar-refractivity contribution in [2.45, 2.75) is 33.4 Å². The predicted molar refractivity (Wildman–Crippen MR) is 113 cm³/mol. The van der Waals surface area contributed by atoms with Crippen LogP contribution in [0.25, 0.3) is 0 Å². The lowest BCUT2D eigenvalue weighted by Crippen LogP contribution is -2.50. The first-order chi connectivity index (χ1) is 14.4. The van der Waals surface area contributed by atoms with Crippen molar-refractivity contribution in [1.82, 2.24) is 10.2 Å². The average molecular weight is 412 g/mol. The van der Waals surface area contributed by atoms with Crippen molar-refractivity contribution in [3.8, 4) is 17.2 Å². The summed E-state index contributed by atoms with van der Waals surface area (Å²) in [5.74, 6) is 1.30. The second-order valence-electron chi connectivity index (χ2n) is 7.51. The zero-order chi connectivity index (χ0) is 21.7. The second kappa shape index (κ2) is 9.52. The van der Waals surface area contributed by atoms with Crippen LogP contribution in [0.15, 0.2) is 42.5 Å². The molecule has 1 heterocycles. The standard InChI is InChI=1S/C23H28N2O5/c1-5-28-18-9-7-6-8-17(18)22(26)24-21(15(2)3)23(27)25(4)13-16-10-11-19-20(12-16)30-14-29-19/h6-12,15,21H,5,13-14H2,1-4H3,(H,24,26)/t21-/m1/s1. The Bertz CT molecular complexity index is 912. The summed E-state index contributed by atoms with van der Waals surface area (Å²) in [7, 11) is 1.72. The molecule has 0 aromatic heterocycles. The minimum atomic E-state index is -0.661. The third-order valence-electron chi connectivity index (χ3n) is 4.88. The van der Waals surface area contributed by atoms with Crippen LogP contribution in [0.4, 0.5) is 0 Å². The van der Waals surface area contributed by atoms with E-state index in [-0.39, 0.29) is 24.5 Å². The van der Waals surface area contributed by atoms with E-state index in [1.165, 1.54) is 0 Å². The molecule has 2 aromatic rings. The van der Waals surface area contributed by atoms with E-state index >= 15 is 0 Å². The van der Waals surface area contributed by atoms with Crippen LogP contribution in [0.1, 0.15) is 36.7 Å². The molecule has 0 aliphatic carbocycles. The number of hydrogen-bond acceptors (Lipinski definition) is 5. The van der Waals surface area contributed by atoms with Gasteiger partial charge in [0.1, 0.15) is 11.8 Å². The number of hydrogen-bond donors (Lipinski definition) is 1. The van der Waals surface area contributed by atoms with Crippen LogP contribution in [0, 0.1) is 5.92 Å². The number of amides is 2. The van der Waals surface area contributed by atoms with Crippen molar-refractivity contribution >= 4 is 11.8 Å². The molecule has 1 N–H and O–H groups in total. The fourth-order valence-electron chi connectivity index (χ4n) is 3.30. The largest absolute Gasteiger partial charge is 0.493 e. The van der Waals surface area contributed by atoms with E-state index in [0.29, 0.717) is 36.0 Å². The first-order valence-corrected chi connectivity index (χ1v) is 10.1. The molecule has 30 heavy (non-hydrogen) atoms. The second-order valence-corrected chi connectivity index (χ2v) is 7.51. The van der Waals surface area contributed by atoms with Gasteiger partial charge in [-0.15, -0.1) is 0 Å². The third kappa shape index (κ3) is 4.84. The Morgan fingerprint density at radius 2 is 1.87 bits per heavy atom. The van der Waals surface area contributed by atoms with E-state index in [1.54, 1.807) is 30.1 Å². The molecule has 160 valence electrons. The molecule has 0 bridgehead atoms. The van der Waals surface area contributed by atoms with Gasteiger partial charge < -0.3 is 24.4 Å². The molecular weight excluding hydrogens is 384 g/mol. The van der Waals surface area contributed by atoms with E-state index in [9.17, 15) is 9.59 Å². The summed E-state index contributed by atoms with van der Waals surface area (Å²) in [5, 5.41) is 2.88. The lowest BCUT2D eigenvalue weighted by atomic mass is 10.0. The minimum absolute atomic E-state index is 0.0834. The summed E-state index contributed by atoms with van der Waals surface area (Å²) in [6.07, 6.45) is 0. The summed E-state index contributed by atoms with van der Waals surface area (Å²) in [6.45, 7) is 6.73. The van der Waals surface area contributed by atoms with Gasteiger partial charge in [0.05, 0.1) is 12.2 Å². The van der Waals surface area contributed by atoms with Gasteiger partial charge in [-0.05, 0) is 42.7 Å². The molecule has 7 heteroatoms. The van der Waals surface area contributed by atoms with Crippen molar-refractivity contribution in [3.05, 3.63) is 53.6 Å². The van der Waals surface area contributed by atoms with Gasteiger partial charge in [-0.25, -0.2) is 0 Å². The molecule has 1 atom stereocenters. The summed E-state index contributed by atoms with van der Waals surface area (Å²) in [6, 6.07) is 12.0. The zero-order valence-electron chi connectivity index (χ0n) is 17.8. The number of nitrogens with one attached hydrogen (secondary N) is 1. The van der Waals surface area contributed by atoms with E-state index in [2.05, 4.69) is 5.32 Å². The number of carbonyl (C=O) groups is 2. The lowest BCUT2D eigenvalue weighted by molar-refractivity contribution is -0.133. The van der Waals surface area contributed by atoms with Gasteiger partial charge in [-0.3, -0.25) is 9.59 Å². The van der Waals surface area contributed by atoms with Gasteiger partial charge in [0, 0.05) is 13.6 Å². The first-order valence-electron chi connectivity index (χ1n) is 10.1. The minimum Gasteiger partial charge on any atom is -0.493 e. The Morgan fingerprint density at radius 1 is 1.13 bits per heavy atom. The molecule has 7 nitrogen and oxygen atoms in total. The van der Waals surface area contributed by atoms with Crippen molar-refractivity contribution in [1.29, 1.82) is 0 Å². The predicted octanol–water partition coefficient (Wildman–Crippen LogP) is 3.23. The van der Waals surface area contributed by atoms with Crippen molar-refractivity contribution < 1.29 is 23.8 Å². The molecule has 0 spiro atoms. The van der Waals surface area contributed by atoms with Gasteiger partial charge in [0.15, 0.2) is 11.5 Å².